The van der Waals surface area contributed by atoms with Crippen LogP contribution in [0, 0.1) is 5.92 Å². The highest BCUT2D eigenvalue weighted by Gasteiger charge is 2.18. The Morgan fingerprint density at radius 1 is 1.46 bits per heavy atom. The van der Waals surface area contributed by atoms with Gasteiger partial charge in [-0.15, -0.1) is 0 Å². The molecule has 78 valence electrons. The maximum absolute atomic E-state index is 3.55. The van der Waals surface area contributed by atoms with Gasteiger partial charge in [0.2, 0.25) is 0 Å². The Balaban J connectivity index is 2.21. The Morgan fingerprint density at radius 3 is 2.69 bits per heavy atom. The van der Waals surface area contributed by atoms with Crippen molar-refractivity contribution in [2.24, 2.45) is 5.92 Å². The summed E-state index contributed by atoms with van der Waals surface area (Å²) >= 11 is 0. The van der Waals surface area contributed by atoms with E-state index in [9.17, 15) is 0 Å². The molecule has 2 N–H and O–H groups in total. The molecule has 0 aromatic carbocycles. The largest absolute Gasteiger partial charge is 0.317 e. The Labute approximate surface area is 82.5 Å². The van der Waals surface area contributed by atoms with Crippen LogP contribution in [0.2, 0.25) is 0 Å². The summed E-state index contributed by atoms with van der Waals surface area (Å²) in [6.07, 6.45) is 5.34. The summed E-state index contributed by atoms with van der Waals surface area (Å²) in [5, 5.41) is 6.97. The fraction of sp³-hybridized carbons (Fsp3) is 1.00. The number of nitrogens with one attached hydrogen (secondary N) is 2. The lowest BCUT2D eigenvalue weighted by atomic mass is 9.97. The topological polar surface area (TPSA) is 24.1 Å². The first-order valence-electron chi connectivity index (χ1n) is 5.63. The molecule has 1 heterocycles. The zero-order valence-electron chi connectivity index (χ0n) is 9.27. The van der Waals surface area contributed by atoms with Crippen LogP contribution in [0.3, 0.4) is 0 Å². The van der Waals surface area contributed by atoms with Gasteiger partial charge in [0.15, 0.2) is 0 Å². The minimum atomic E-state index is 0.704. The van der Waals surface area contributed by atoms with Gasteiger partial charge in [-0.3, -0.25) is 0 Å². The highest BCUT2D eigenvalue weighted by Crippen LogP contribution is 2.15. The molecule has 1 rings (SSSR count). The van der Waals surface area contributed by atoms with Crippen molar-refractivity contribution in [1.82, 2.24) is 10.6 Å². The number of rotatable bonds is 5. The minimum Gasteiger partial charge on any atom is -0.317 e. The van der Waals surface area contributed by atoms with Gasteiger partial charge in [0.1, 0.15) is 0 Å². The third-order valence-corrected chi connectivity index (χ3v) is 2.90. The molecule has 0 aliphatic carbocycles. The first-order chi connectivity index (χ1) is 6.22. The van der Waals surface area contributed by atoms with E-state index in [1.54, 1.807) is 0 Å². The predicted octanol–water partition coefficient (Wildman–Crippen LogP) is 1.76. The summed E-state index contributed by atoms with van der Waals surface area (Å²) in [6.45, 7) is 5.82. The van der Waals surface area contributed by atoms with Crippen molar-refractivity contribution in [3.63, 3.8) is 0 Å². The molecule has 0 radical (unpaired) electrons. The van der Waals surface area contributed by atoms with Gasteiger partial charge in [-0.1, -0.05) is 13.8 Å². The highest BCUT2D eigenvalue weighted by atomic mass is 15.0. The fourth-order valence-corrected chi connectivity index (χ4v) is 2.20. The van der Waals surface area contributed by atoms with Crippen molar-refractivity contribution in [3.8, 4) is 0 Å². The summed E-state index contributed by atoms with van der Waals surface area (Å²) in [5.74, 6) is 0.804. The standard InChI is InChI=1S/C11H24N2/c1-9(2)7-11(12-3)8-10-5-4-6-13-10/h9-13H,4-8H2,1-3H3. The fourth-order valence-electron chi connectivity index (χ4n) is 2.20. The molecule has 2 atom stereocenters. The van der Waals surface area contributed by atoms with Crippen LogP contribution in [-0.4, -0.2) is 25.7 Å². The van der Waals surface area contributed by atoms with Gasteiger partial charge in [-0.05, 0) is 45.2 Å². The van der Waals surface area contributed by atoms with Crippen molar-refractivity contribution in [3.05, 3.63) is 0 Å². The molecule has 1 aliphatic rings. The molecular formula is C11H24N2. The molecule has 0 aromatic heterocycles. The first-order valence-corrected chi connectivity index (χ1v) is 5.63. The molecule has 0 spiro atoms. The van der Waals surface area contributed by atoms with Gasteiger partial charge < -0.3 is 10.6 Å². The SMILES string of the molecule is CNC(CC(C)C)CC1CCCN1. The molecule has 1 saturated heterocycles. The van der Waals surface area contributed by atoms with Gasteiger partial charge in [0.05, 0.1) is 0 Å². The van der Waals surface area contributed by atoms with Crippen LogP contribution in [0.4, 0.5) is 0 Å². The molecule has 0 bridgehead atoms. The Hall–Kier alpha value is -0.0800. The zero-order valence-corrected chi connectivity index (χ0v) is 9.27. The molecule has 2 unspecified atom stereocenters. The molecular weight excluding hydrogens is 160 g/mol. The third kappa shape index (κ3) is 4.10. The number of hydrogen-bond donors (Lipinski definition) is 2. The van der Waals surface area contributed by atoms with Crippen LogP contribution in [0.25, 0.3) is 0 Å². The lowest BCUT2D eigenvalue weighted by molar-refractivity contribution is 0.380. The van der Waals surface area contributed by atoms with E-state index in [2.05, 4.69) is 31.5 Å². The molecule has 0 saturated carbocycles. The van der Waals surface area contributed by atoms with Crippen molar-refractivity contribution >= 4 is 0 Å². The minimum absolute atomic E-state index is 0.704. The number of hydrogen-bond acceptors (Lipinski definition) is 2. The van der Waals surface area contributed by atoms with Gasteiger partial charge in [0, 0.05) is 12.1 Å². The summed E-state index contributed by atoms with van der Waals surface area (Å²) in [4.78, 5) is 0. The normalized spacial score (nSPS) is 25.4. The summed E-state index contributed by atoms with van der Waals surface area (Å²) in [7, 11) is 2.09. The summed E-state index contributed by atoms with van der Waals surface area (Å²) < 4.78 is 0. The second-order valence-corrected chi connectivity index (χ2v) is 4.64. The molecule has 1 fully saturated rings. The third-order valence-electron chi connectivity index (χ3n) is 2.90. The van der Waals surface area contributed by atoms with E-state index in [4.69, 9.17) is 0 Å². The van der Waals surface area contributed by atoms with Gasteiger partial charge >= 0.3 is 0 Å². The smallest absolute Gasteiger partial charge is 0.00823 e. The second-order valence-electron chi connectivity index (χ2n) is 4.64. The van der Waals surface area contributed by atoms with E-state index >= 15 is 0 Å². The second kappa shape index (κ2) is 5.61. The average Bonchev–Trinajstić information content (AvgIpc) is 2.55. The van der Waals surface area contributed by atoms with E-state index in [-0.39, 0.29) is 0 Å². The van der Waals surface area contributed by atoms with E-state index in [1.165, 1.54) is 32.2 Å². The van der Waals surface area contributed by atoms with Gasteiger partial charge in [0.25, 0.3) is 0 Å². The summed E-state index contributed by atoms with van der Waals surface area (Å²) in [5.41, 5.74) is 0. The van der Waals surface area contributed by atoms with Crippen LogP contribution in [0.5, 0.6) is 0 Å². The van der Waals surface area contributed by atoms with Crippen molar-refractivity contribution in [2.75, 3.05) is 13.6 Å². The van der Waals surface area contributed by atoms with E-state index in [0.717, 1.165) is 12.0 Å². The first kappa shape index (κ1) is 11.0. The van der Waals surface area contributed by atoms with Crippen molar-refractivity contribution in [1.29, 1.82) is 0 Å². The van der Waals surface area contributed by atoms with E-state index in [0.29, 0.717) is 6.04 Å². The Kier molecular flexibility index (Phi) is 4.74. The van der Waals surface area contributed by atoms with E-state index < -0.39 is 0 Å². The molecule has 0 aromatic rings. The maximum atomic E-state index is 3.55. The molecule has 2 heteroatoms. The quantitative estimate of drug-likeness (QED) is 0.680. The lowest BCUT2D eigenvalue weighted by Gasteiger charge is -2.21. The maximum Gasteiger partial charge on any atom is 0.00823 e. The van der Waals surface area contributed by atoms with Crippen molar-refractivity contribution < 1.29 is 0 Å². The van der Waals surface area contributed by atoms with Crippen LogP contribution in [0.15, 0.2) is 0 Å². The van der Waals surface area contributed by atoms with Crippen LogP contribution in [0.1, 0.15) is 39.5 Å². The highest BCUT2D eigenvalue weighted by molar-refractivity contribution is 4.80. The monoisotopic (exact) mass is 184 g/mol. The Bertz CT molecular complexity index is 128. The van der Waals surface area contributed by atoms with Crippen molar-refractivity contribution in [2.45, 2.75) is 51.6 Å². The molecule has 13 heavy (non-hydrogen) atoms. The molecule has 0 amide bonds. The Morgan fingerprint density at radius 2 is 2.23 bits per heavy atom. The lowest BCUT2D eigenvalue weighted by Crippen LogP contribution is -2.34. The van der Waals surface area contributed by atoms with Crippen LogP contribution in [-0.2, 0) is 0 Å². The van der Waals surface area contributed by atoms with Crippen LogP contribution < -0.4 is 10.6 Å². The average molecular weight is 184 g/mol. The van der Waals surface area contributed by atoms with Gasteiger partial charge in [-0.25, -0.2) is 0 Å². The van der Waals surface area contributed by atoms with E-state index in [1.807, 2.05) is 0 Å². The zero-order chi connectivity index (χ0) is 9.68. The van der Waals surface area contributed by atoms with Gasteiger partial charge in [-0.2, -0.15) is 0 Å². The van der Waals surface area contributed by atoms with Crippen LogP contribution >= 0.6 is 0 Å². The predicted molar refractivity (Wildman–Crippen MR) is 57.9 cm³/mol. The molecule has 1 aliphatic heterocycles. The molecule has 2 nitrogen and oxygen atoms in total. The summed E-state index contributed by atoms with van der Waals surface area (Å²) in [6, 6.07) is 1.48.